The molecule has 1 aromatic heterocycles. The van der Waals surface area contributed by atoms with Crippen molar-refractivity contribution in [2.45, 2.75) is 6.36 Å². The van der Waals surface area contributed by atoms with Crippen molar-refractivity contribution < 1.29 is 17.9 Å². The maximum Gasteiger partial charge on any atom is 0.573 e. The second-order valence-corrected chi connectivity index (χ2v) is 1.95. The smallest absolute Gasteiger partial charge is 0.403 e. The minimum atomic E-state index is -4.63. The van der Waals surface area contributed by atoms with Crippen LogP contribution in [0.2, 0.25) is 0 Å². The molecule has 0 aromatic carbocycles. The van der Waals surface area contributed by atoms with E-state index in [1.165, 1.54) is 16.8 Å². The highest BCUT2D eigenvalue weighted by molar-refractivity contribution is 5.15. The van der Waals surface area contributed by atoms with Crippen LogP contribution in [0.5, 0.6) is 5.75 Å². The monoisotopic (exact) mass is 164 g/mol. The van der Waals surface area contributed by atoms with Crippen LogP contribution in [0, 0.1) is 6.20 Å². The summed E-state index contributed by atoms with van der Waals surface area (Å²) >= 11 is 0. The van der Waals surface area contributed by atoms with Gasteiger partial charge in [-0.1, -0.05) is 0 Å². The molecule has 1 heterocycles. The van der Waals surface area contributed by atoms with Crippen LogP contribution >= 0.6 is 0 Å². The van der Waals surface area contributed by atoms with Gasteiger partial charge in [-0.15, -0.1) is 13.2 Å². The Bertz CT molecular complexity index is 240. The van der Waals surface area contributed by atoms with Gasteiger partial charge in [-0.25, -0.2) is 0 Å². The summed E-state index contributed by atoms with van der Waals surface area (Å²) in [5.41, 5.74) is 0. The van der Waals surface area contributed by atoms with Gasteiger partial charge in [0.15, 0.2) is 5.75 Å². The van der Waals surface area contributed by atoms with Crippen LogP contribution in [-0.2, 0) is 7.05 Å². The first-order valence-electron chi connectivity index (χ1n) is 2.78. The lowest BCUT2D eigenvalue weighted by atomic mass is 10.6. The standard InChI is InChI=1S/C6H5F3NO/c1-10-3-2-5(4-10)11-6(7,8)9/h2-3H,1H3. The minimum absolute atomic E-state index is 0.319. The van der Waals surface area contributed by atoms with E-state index in [0.29, 0.717) is 0 Å². The highest BCUT2D eigenvalue weighted by atomic mass is 19.4. The fourth-order valence-corrected chi connectivity index (χ4v) is 0.609. The predicted octanol–water partition coefficient (Wildman–Crippen LogP) is 1.72. The molecule has 5 heteroatoms. The molecule has 0 spiro atoms. The normalized spacial score (nSPS) is 11.6. The first kappa shape index (κ1) is 7.97. The molecule has 0 unspecified atom stereocenters. The van der Waals surface area contributed by atoms with E-state index < -0.39 is 6.36 Å². The zero-order valence-corrected chi connectivity index (χ0v) is 5.64. The maximum atomic E-state index is 11.5. The van der Waals surface area contributed by atoms with Crippen molar-refractivity contribution in [2.75, 3.05) is 0 Å². The SMILES string of the molecule is Cn1[c]c(OC(F)(F)F)cc1. The summed E-state index contributed by atoms with van der Waals surface area (Å²) in [5.74, 6) is -0.319. The van der Waals surface area contributed by atoms with Gasteiger partial charge in [-0.05, 0) is 6.07 Å². The Morgan fingerprint density at radius 1 is 1.55 bits per heavy atom. The van der Waals surface area contributed by atoms with Crippen molar-refractivity contribution in [1.29, 1.82) is 0 Å². The molecule has 2 nitrogen and oxygen atoms in total. The third kappa shape index (κ3) is 2.53. The van der Waals surface area contributed by atoms with Gasteiger partial charge in [-0.3, -0.25) is 0 Å². The molecule has 0 amide bonds. The molecule has 1 rings (SSSR count). The molecule has 1 aromatic rings. The molecule has 0 saturated heterocycles. The van der Waals surface area contributed by atoms with Gasteiger partial charge in [0, 0.05) is 13.2 Å². The van der Waals surface area contributed by atoms with Gasteiger partial charge in [0.05, 0.1) is 0 Å². The van der Waals surface area contributed by atoms with E-state index in [1.807, 2.05) is 0 Å². The molecular weight excluding hydrogens is 159 g/mol. The second kappa shape index (κ2) is 2.48. The maximum absolute atomic E-state index is 11.5. The molecule has 0 fully saturated rings. The lowest BCUT2D eigenvalue weighted by molar-refractivity contribution is -0.274. The van der Waals surface area contributed by atoms with Crippen LogP contribution in [0.3, 0.4) is 0 Å². The molecular formula is C6H5F3NO. The van der Waals surface area contributed by atoms with E-state index in [4.69, 9.17) is 0 Å². The molecule has 1 radical (unpaired) electrons. The number of aromatic nitrogens is 1. The third-order valence-corrected chi connectivity index (χ3v) is 0.962. The molecule has 0 N–H and O–H groups in total. The topological polar surface area (TPSA) is 14.2 Å². The fourth-order valence-electron chi connectivity index (χ4n) is 0.609. The van der Waals surface area contributed by atoms with Crippen LogP contribution in [0.1, 0.15) is 0 Å². The first-order valence-corrected chi connectivity index (χ1v) is 2.78. The van der Waals surface area contributed by atoms with Gasteiger partial charge in [-0.2, -0.15) is 0 Å². The zero-order chi connectivity index (χ0) is 8.48. The summed E-state index contributed by atoms with van der Waals surface area (Å²) in [6, 6.07) is 1.19. The van der Waals surface area contributed by atoms with Gasteiger partial charge in [0.1, 0.15) is 6.20 Å². The molecule has 0 aliphatic rings. The molecule has 0 atom stereocenters. The second-order valence-electron chi connectivity index (χ2n) is 1.95. The Kier molecular flexibility index (Phi) is 1.80. The summed E-state index contributed by atoms with van der Waals surface area (Å²) in [7, 11) is 1.56. The minimum Gasteiger partial charge on any atom is -0.403 e. The molecule has 61 valence electrons. The molecule has 0 aliphatic heterocycles. The number of nitrogens with zero attached hydrogens (tertiary/aromatic N) is 1. The van der Waals surface area contributed by atoms with Crippen LogP contribution in [0.4, 0.5) is 13.2 Å². The summed E-state index contributed by atoms with van der Waals surface area (Å²) in [4.78, 5) is 0. The Balaban J connectivity index is 2.65. The van der Waals surface area contributed by atoms with Gasteiger partial charge in [0.25, 0.3) is 0 Å². The number of aryl methyl sites for hydroxylation is 1. The molecule has 11 heavy (non-hydrogen) atoms. The molecule has 0 saturated carbocycles. The highest BCUT2D eigenvalue weighted by Gasteiger charge is 2.31. The predicted molar refractivity (Wildman–Crippen MR) is 30.9 cm³/mol. The van der Waals surface area contributed by atoms with Gasteiger partial charge in [0.2, 0.25) is 0 Å². The van der Waals surface area contributed by atoms with Crippen molar-refractivity contribution in [3.8, 4) is 5.75 Å². The quantitative estimate of drug-likeness (QED) is 0.616. The average molecular weight is 164 g/mol. The van der Waals surface area contributed by atoms with E-state index in [2.05, 4.69) is 10.9 Å². The largest absolute Gasteiger partial charge is 0.573 e. The fraction of sp³-hybridized carbons (Fsp3) is 0.333. The summed E-state index contributed by atoms with van der Waals surface area (Å²) < 4.78 is 39.4. The number of hydrogen-bond acceptors (Lipinski definition) is 1. The van der Waals surface area contributed by atoms with Crippen LogP contribution in [0.15, 0.2) is 12.3 Å². The van der Waals surface area contributed by atoms with Crippen molar-refractivity contribution in [2.24, 2.45) is 7.05 Å². The number of ether oxygens (including phenoxy) is 1. The Morgan fingerprint density at radius 3 is 2.55 bits per heavy atom. The summed E-state index contributed by atoms with van der Waals surface area (Å²) in [6.45, 7) is 0. The van der Waals surface area contributed by atoms with E-state index in [1.54, 1.807) is 7.05 Å². The van der Waals surface area contributed by atoms with Crippen molar-refractivity contribution in [3.05, 3.63) is 18.5 Å². The Hall–Kier alpha value is -1.13. The van der Waals surface area contributed by atoms with E-state index in [0.717, 1.165) is 0 Å². The van der Waals surface area contributed by atoms with E-state index in [-0.39, 0.29) is 5.75 Å². The number of rotatable bonds is 1. The number of halogens is 3. The van der Waals surface area contributed by atoms with Crippen LogP contribution in [-0.4, -0.2) is 10.9 Å². The summed E-state index contributed by atoms with van der Waals surface area (Å²) in [5, 5.41) is 0. The van der Waals surface area contributed by atoms with Crippen molar-refractivity contribution >= 4 is 0 Å². The Labute approximate surface area is 61.2 Å². The zero-order valence-electron chi connectivity index (χ0n) is 5.64. The molecule has 0 aliphatic carbocycles. The van der Waals surface area contributed by atoms with Crippen LogP contribution < -0.4 is 4.74 Å². The third-order valence-electron chi connectivity index (χ3n) is 0.962. The first-order chi connectivity index (χ1) is 4.97. The van der Waals surface area contributed by atoms with E-state index >= 15 is 0 Å². The lowest BCUT2D eigenvalue weighted by Crippen LogP contribution is -2.16. The molecule has 0 bridgehead atoms. The average Bonchev–Trinajstić information content (AvgIpc) is 2.10. The van der Waals surface area contributed by atoms with Gasteiger partial charge >= 0.3 is 6.36 Å². The van der Waals surface area contributed by atoms with E-state index in [9.17, 15) is 13.2 Å². The highest BCUT2D eigenvalue weighted by Crippen LogP contribution is 2.21. The van der Waals surface area contributed by atoms with Crippen molar-refractivity contribution in [1.82, 2.24) is 4.57 Å². The Morgan fingerprint density at radius 2 is 2.18 bits per heavy atom. The van der Waals surface area contributed by atoms with Crippen LogP contribution in [0.25, 0.3) is 0 Å². The van der Waals surface area contributed by atoms with Crippen molar-refractivity contribution in [3.63, 3.8) is 0 Å². The lowest BCUT2D eigenvalue weighted by Gasteiger charge is -2.04. The van der Waals surface area contributed by atoms with Gasteiger partial charge < -0.3 is 9.30 Å². The number of alkyl halides is 3. The summed E-state index contributed by atoms with van der Waals surface area (Å²) in [6.07, 6.45) is -0.902. The number of hydrogen-bond donors (Lipinski definition) is 0.